The summed E-state index contributed by atoms with van der Waals surface area (Å²) in [5.41, 5.74) is 1.62. The first-order valence-corrected chi connectivity index (χ1v) is 5.70. The van der Waals surface area contributed by atoms with Crippen molar-refractivity contribution in [3.63, 3.8) is 0 Å². The van der Waals surface area contributed by atoms with Crippen LogP contribution in [0.4, 0.5) is 0 Å². The summed E-state index contributed by atoms with van der Waals surface area (Å²) in [4.78, 5) is 0. The normalized spacial score (nSPS) is 18.7. The molecule has 2 rings (SSSR count). The Kier molecular flexibility index (Phi) is 2.73. The lowest BCUT2D eigenvalue weighted by atomic mass is 9.65. The van der Waals surface area contributed by atoms with Gasteiger partial charge in [-0.3, -0.25) is 0 Å². The van der Waals surface area contributed by atoms with Crippen LogP contribution in [0.1, 0.15) is 24.8 Å². The van der Waals surface area contributed by atoms with Crippen molar-refractivity contribution in [2.45, 2.75) is 24.7 Å². The molecule has 14 heavy (non-hydrogen) atoms. The summed E-state index contributed by atoms with van der Waals surface area (Å²) in [5, 5.41) is 0. The summed E-state index contributed by atoms with van der Waals surface area (Å²) >= 11 is 4.47. The number of rotatable bonds is 3. The Morgan fingerprint density at radius 2 is 2.07 bits per heavy atom. The Balaban J connectivity index is 2.38. The molecule has 0 radical (unpaired) electrons. The van der Waals surface area contributed by atoms with Crippen LogP contribution in [0.3, 0.4) is 0 Å². The van der Waals surface area contributed by atoms with Crippen molar-refractivity contribution in [1.29, 1.82) is 0 Å². The van der Waals surface area contributed by atoms with E-state index in [1.807, 2.05) is 12.1 Å². The van der Waals surface area contributed by atoms with Crippen molar-refractivity contribution < 1.29 is 4.74 Å². The van der Waals surface area contributed by atoms with E-state index in [2.05, 4.69) is 24.8 Å². The first-order valence-electron chi connectivity index (χ1n) is 5.07. The van der Waals surface area contributed by atoms with Crippen LogP contribution in [0.25, 0.3) is 0 Å². The third-order valence-corrected chi connectivity index (χ3v) is 3.90. The van der Waals surface area contributed by atoms with Crippen LogP contribution >= 0.6 is 12.6 Å². The molecule has 0 bridgehead atoms. The van der Waals surface area contributed by atoms with E-state index < -0.39 is 0 Å². The first-order chi connectivity index (χ1) is 6.82. The smallest absolute Gasteiger partial charge is 0.122 e. The van der Waals surface area contributed by atoms with Crippen LogP contribution in [0.15, 0.2) is 24.3 Å². The van der Waals surface area contributed by atoms with E-state index in [0.29, 0.717) is 0 Å². The van der Waals surface area contributed by atoms with Gasteiger partial charge in [0.2, 0.25) is 0 Å². The number of benzene rings is 1. The summed E-state index contributed by atoms with van der Waals surface area (Å²) in [6.45, 7) is 0. The van der Waals surface area contributed by atoms with Crippen LogP contribution in [-0.4, -0.2) is 12.9 Å². The fourth-order valence-electron chi connectivity index (χ4n) is 2.20. The number of ether oxygens (including phenoxy) is 1. The third-order valence-electron chi connectivity index (χ3n) is 3.29. The molecule has 0 heterocycles. The molecule has 0 spiro atoms. The summed E-state index contributed by atoms with van der Waals surface area (Å²) in [7, 11) is 1.74. The monoisotopic (exact) mass is 208 g/mol. The van der Waals surface area contributed by atoms with Gasteiger partial charge in [-0.2, -0.15) is 12.6 Å². The predicted molar refractivity (Wildman–Crippen MR) is 62.4 cm³/mol. The van der Waals surface area contributed by atoms with Crippen LogP contribution in [0.2, 0.25) is 0 Å². The minimum absolute atomic E-state index is 0.287. The summed E-state index contributed by atoms with van der Waals surface area (Å²) in [5.74, 6) is 1.94. The number of methoxy groups -OCH3 is 1. The lowest BCUT2D eigenvalue weighted by Crippen LogP contribution is -2.36. The van der Waals surface area contributed by atoms with Crippen LogP contribution < -0.4 is 4.74 Å². The van der Waals surface area contributed by atoms with E-state index in [1.165, 1.54) is 24.8 Å². The standard InChI is InChI=1S/C12H16OS/c1-13-11-6-3-2-5-10(11)12(9-14)7-4-8-12/h2-3,5-6,14H,4,7-9H2,1H3. The topological polar surface area (TPSA) is 9.23 Å². The molecule has 1 aliphatic carbocycles. The number of hydrogen-bond acceptors (Lipinski definition) is 2. The maximum atomic E-state index is 5.40. The van der Waals surface area contributed by atoms with Gasteiger partial charge in [0.25, 0.3) is 0 Å². The lowest BCUT2D eigenvalue weighted by Gasteiger charge is -2.42. The second kappa shape index (κ2) is 3.85. The van der Waals surface area contributed by atoms with E-state index in [0.717, 1.165) is 11.5 Å². The van der Waals surface area contributed by atoms with Crippen molar-refractivity contribution in [2.24, 2.45) is 0 Å². The Morgan fingerprint density at radius 1 is 1.36 bits per heavy atom. The fraction of sp³-hybridized carbons (Fsp3) is 0.500. The second-order valence-corrected chi connectivity index (χ2v) is 4.31. The quantitative estimate of drug-likeness (QED) is 0.751. The molecule has 1 aromatic carbocycles. The zero-order chi connectivity index (χ0) is 10.0. The zero-order valence-corrected chi connectivity index (χ0v) is 9.39. The van der Waals surface area contributed by atoms with Gasteiger partial charge in [0.05, 0.1) is 7.11 Å². The fourth-order valence-corrected chi connectivity index (χ4v) is 2.69. The number of para-hydroxylation sites is 1. The van der Waals surface area contributed by atoms with Crippen molar-refractivity contribution >= 4 is 12.6 Å². The van der Waals surface area contributed by atoms with E-state index in [4.69, 9.17) is 4.74 Å². The van der Waals surface area contributed by atoms with Gasteiger partial charge in [-0.25, -0.2) is 0 Å². The highest BCUT2D eigenvalue weighted by Crippen LogP contribution is 2.47. The van der Waals surface area contributed by atoms with E-state index in [1.54, 1.807) is 7.11 Å². The molecule has 1 aliphatic rings. The zero-order valence-electron chi connectivity index (χ0n) is 8.49. The number of hydrogen-bond donors (Lipinski definition) is 1. The molecule has 0 amide bonds. The highest BCUT2D eigenvalue weighted by atomic mass is 32.1. The van der Waals surface area contributed by atoms with Crippen LogP contribution in [0, 0.1) is 0 Å². The Morgan fingerprint density at radius 3 is 2.57 bits per heavy atom. The van der Waals surface area contributed by atoms with Crippen LogP contribution in [0.5, 0.6) is 5.75 Å². The molecule has 0 N–H and O–H groups in total. The summed E-state index contributed by atoms with van der Waals surface area (Å²) < 4.78 is 5.40. The predicted octanol–water partition coefficient (Wildman–Crippen LogP) is 3.05. The first kappa shape index (κ1) is 9.91. The lowest BCUT2D eigenvalue weighted by molar-refractivity contribution is 0.267. The molecular formula is C12H16OS. The molecule has 0 unspecified atom stereocenters. The molecule has 2 heteroatoms. The molecule has 76 valence electrons. The SMILES string of the molecule is COc1ccccc1C1(CS)CCC1. The number of thiol groups is 1. The molecule has 1 saturated carbocycles. The minimum atomic E-state index is 0.287. The molecular weight excluding hydrogens is 192 g/mol. The molecule has 1 aromatic rings. The van der Waals surface area contributed by atoms with Crippen molar-refractivity contribution in [3.05, 3.63) is 29.8 Å². The maximum Gasteiger partial charge on any atom is 0.122 e. The van der Waals surface area contributed by atoms with Gasteiger partial charge in [-0.15, -0.1) is 0 Å². The Bertz CT molecular complexity index is 312. The average molecular weight is 208 g/mol. The van der Waals surface area contributed by atoms with E-state index >= 15 is 0 Å². The van der Waals surface area contributed by atoms with Gasteiger partial charge < -0.3 is 4.74 Å². The average Bonchev–Trinajstić information content (AvgIpc) is 2.18. The van der Waals surface area contributed by atoms with Crippen molar-refractivity contribution in [1.82, 2.24) is 0 Å². The van der Waals surface area contributed by atoms with Crippen LogP contribution in [-0.2, 0) is 5.41 Å². The van der Waals surface area contributed by atoms with Crippen molar-refractivity contribution in [3.8, 4) is 5.75 Å². The Labute approximate surface area is 90.9 Å². The van der Waals surface area contributed by atoms with Gasteiger partial charge in [0.15, 0.2) is 0 Å². The van der Waals surface area contributed by atoms with Gasteiger partial charge in [-0.1, -0.05) is 24.6 Å². The van der Waals surface area contributed by atoms with Gasteiger partial charge in [-0.05, 0) is 18.9 Å². The molecule has 0 saturated heterocycles. The molecule has 0 aromatic heterocycles. The second-order valence-electron chi connectivity index (χ2n) is 3.99. The molecule has 0 aliphatic heterocycles. The van der Waals surface area contributed by atoms with E-state index in [-0.39, 0.29) is 5.41 Å². The van der Waals surface area contributed by atoms with Gasteiger partial charge >= 0.3 is 0 Å². The minimum Gasteiger partial charge on any atom is -0.496 e. The third kappa shape index (κ3) is 1.42. The molecule has 1 fully saturated rings. The summed E-state index contributed by atoms with van der Waals surface area (Å²) in [6.07, 6.45) is 3.81. The largest absolute Gasteiger partial charge is 0.496 e. The maximum absolute atomic E-state index is 5.40. The molecule has 0 atom stereocenters. The Hall–Kier alpha value is -0.630. The highest BCUT2D eigenvalue weighted by Gasteiger charge is 2.39. The van der Waals surface area contributed by atoms with Gasteiger partial charge in [0, 0.05) is 16.7 Å². The van der Waals surface area contributed by atoms with Gasteiger partial charge in [0.1, 0.15) is 5.75 Å². The summed E-state index contributed by atoms with van der Waals surface area (Å²) in [6, 6.07) is 8.32. The molecule has 1 nitrogen and oxygen atoms in total. The highest BCUT2D eigenvalue weighted by molar-refractivity contribution is 7.80. The van der Waals surface area contributed by atoms with E-state index in [9.17, 15) is 0 Å². The van der Waals surface area contributed by atoms with Crippen molar-refractivity contribution in [2.75, 3.05) is 12.9 Å².